The molecule has 10 heteroatoms. The molecule has 9 nitrogen and oxygen atoms in total. The molecule has 156 valence electrons. The standard InChI is InChI=1S/C20H21FN6O3/c21-16-8-17(24-11-23-16)26(6-5-22)9-12-1-2-13-10-27(20(30)14(13)7-12)15-3-4-18(28)25-19(15)29/h1-2,7-8,11,15H,3-6,9-10,22H2,(H,25,28,29). The van der Waals surface area contributed by atoms with Crippen LogP contribution in [0.15, 0.2) is 30.6 Å². The molecular formula is C20H21FN6O3. The SMILES string of the molecule is NCCN(Cc1ccc2c(c1)C(=O)N(C1CCC(=O)NC1=O)C2)c1cc(F)ncn1. The predicted octanol–water partition coefficient (Wildman–Crippen LogP) is 0.342. The van der Waals surface area contributed by atoms with Gasteiger partial charge >= 0.3 is 0 Å². The molecule has 0 radical (unpaired) electrons. The Morgan fingerprint density at radius 2 is 2.07 bits per heavy atom. The smallest absolute Gasteiger partial charge is 0.255 e. The zero-order chi connectivity index (χ0) is 21.3. The molecular weight excluding hydrogens is 391 g/mol. The van der Waals surface area contributed by atoms with E-state index in [1.807, 2.05) is 17.0 Å². The number of carbonyl (C=O) groups excluding carboxylic acids is 3. The fraction of sp³-hybridized carbons (Fsp3) is 0.350. The number of halogens is 1. The van der Waals surface area contributed by atoms with Gasteiger partial charge in [0.1, 0.15) is 18.2 Å². The van der Waals surface area contributed by atoms with Gasteiger partial charge in [-0.2, -0.15) is 4.39 Å². The van der Waals surface area contributed by atoms with E-state index in [1.54, 1.807) is 6.07 Å². The maximum absolute atomic E-state index is 13.5. The summed E-state index contributed by atoms with van der Waals surface area (Å²) in [5.41, 5.74) is 7.88. The van der Waals surface area contributed by atoms with Crippen molar-refractivity contribution >= 4 is 23.5 Å². The Labute approximate surface area is 172 Å². The largest absolute Gasteiger partial charge is 0.351 e. The van der Waals surface area contributed by atoms with Crippen molar-refractivity contribution in [2.45, 2.75) is 32.0 Å². The number of aromatic nitrogens is 2. The van der Waals surface area contributed by atoms with Gasteiger partial charge in [0.05, 0.1) is 0 Å². The van der Waals surface area contributed by atoms with Gasteiger partial charge in [0.15, 0.2) is 0 Å². The average Bonchev–Trinajstić information content (AvgIpc) is 3.04. The molecule has 0 spiro atoms. The average molecular weight is 412 g/mol. The van der Waals surface area contributed by atoms with Gasteiger partial charge < -0.3 is 15.5 Å². The van der Waals surface area contributed by atoms with Gasteiger partial charge in [0.2, 0.25) is 17.8 Å². The molecule has 3 amide bonds. The highest BCUT2D eigenvalue weighted by Crippen LogP contribution is 2.28. The lowest BCUT2D eigenvalue weighted by Gasteiger charge is -2.29. The number of fused-ring (bicyclic) bond motifs is 1. The van der Waals surface area contributed by atoms with Gasteiger partial charge in [-0.3, -0.25) is 19.7 Å². The third-order valence-electron chi connectivity index (χ3n) is 5.31. The van der Waals surface area contributed by atoms with Crippen molar-refractivity contribution in [1.29, 1.82) is 0 Å². The van der Waals surface area contributed by atoms with Crippen molar-refractivity contribution < 1.29 is 18.8 Å². The number of nitrogens with two attached hydrogens (primary N) is 1. The number of imide groups is 1. The Balaban J connectivity index is 1.54. The summed E-state index contributed by atoms with van der Waals surface area (Å²) < 4.78 is 13.5. The summed E-state index contributed by atoms with van der Waals surface area (Å²) >= 11 is 0. The Bertz CT molecular complexity index is 1010. The molecule has 2 aliphatic rings. The molecule has 1 aromatic carbocycles. The van der Waals surface area contributed by atoms with Gasteiger partial charge in [-0.1, -0.05) is 12.1 Å². The number of piperidine rings is 1. The maximum Gasteiger partial charge on any atom is 0.255 e. The van der Waals surface area contributed by atoms with Crippen LogP contribution in [-0.4, -0.2) is 51.7 Å². The number of rotatable bonds is 6. The van der Waals surface area contributed by atoms with E-state index in [1.165, 1.54) is 11.0 Å². The quantitative estimate of drug-likeness (QED) is 0.518. The number of amides is 3. The summed E-state index contributed by atoms with van der Waals surface area (Å²) in [5.74, 6) is -1.22. The van der Waals surface area contributed by atoms with E-state index in [9.17, 15) is 18.8 Å². The molecule has 1 aromatic heterocycles. The second kappa shape index (κ2) is 8.15. The first-order valence-corrected chi connectivity index (χ1v) is 9.65. The third-order valence-corrected chi connectivity index (χ3v) is 5.31. The third kappa shape index (κ3) is 3.86. The minimum absolute atomic E-state index is 0.214. The van der Waals surface area contributed by atoms with E-state index < -0.39 is 17.9 Å². The molecule has 1 saturated heterocycles. The topological polar surface area (TPSA) is 122 Å². The van der Waals surface area contributed by atoms with Crippen LogP contribution in [0, 0.1) is 5.95 Å². The lowest BCUT2D eigenvalue weighted by molar-refractivity contribution is -0.136. The van der Waals surface area contributed by atoms with Crippen LogP contribution in [0.25, 0.3) is 0 Å². The van der Waals surface area contributed by atoms with E-state index in [0.717, 1.165) is 17.5 Å². The van der Waals surface area contributed by atoms with Crippen molar-refractivity contribution in [3.05, 3.63) is 53.2 Å². The molecule has 0 saturated carbocycles. The fourth-order valence-corrected chi connectivity index (χ4v) is 3.85. The molecule has 1 atom stereocenters. The number of hydrogen-bond donors (Lipinski definition) is 2. The second-order valence-electron chi connectivity index (χ2n) is 7.30. The molecule has 4 rings (SSSR count). The highest BCUT2D eigenvalue weighted by Gasteiger charge is 2.39. The van der Waals surface area contributed by atoms with E-state index in [0.29, 0.717) is 44.0 Å². The number of anilines is 1. The normalized spacial score (nSPS) is 18.4. The van der Waals surface area contributed by atoms with Crippen LogP contribution < -0.4 is 16.0 Å². The summed E-state index contributed by atoms with van der Waals surface area (Å²) in [7, 11) is 0. The Morgan fingerprint density at radius 1 is 1.23 bits per heavy atom. The summed E-state index contributed by atoms with van der Waals surface area (Å²) in [4.78, 5) is 47.4. The van der Waals surface area contributed by atoms with E-state index in [4.69, 9.17) is 5.73 Å². The zero-order valence-corrected chi connectivity index (χ0v) is 16.2. The molecule has 30 heavy (non-hydrogen) atoms. The maximum atomic E-state index is 13.5. The van der Waals surface area contributed by atoms with Gasteiger partial charge in [0.25, 0.3) is 5.91 Å². The summed E-state index contributed by atoms with van der Waals surface area (Å²) in [6.45, 7) is 1.50. The van der Waals surface area contributed by atoms with Crippen LogP contribution in [0.5, 0.6) is 0 Å². The highest BCUT2D eigenvalue weighted by molar-refractivity contribution is 6.05. The van der Waals surface area contributed by atoms with E-state index >= 15 is 0 Å². The number of hydrogen-bond acceptors (Lipinski definition) is 7. The Morgan fingerprint density at radius 3 is 2.80 bits per heavy atom. The molecule has 3 heterocycles. The van der Waals surface area contributed by atoms with Crippen molar-refractivity contribution in [2.24, 2.45) is 5.73 Å². The number of nitrogens with zero attached hydrogens (tertiary/aromatic N) is 4. The fourth-order valence-electron chi connectivity index (χ4n) is 3.85. The Kier molecular flexibility index (Phi) is 5.40. The highest BCUT2D eigenvalue weighted by atomic mass is 19.1. The molecule has 1 fully saturated rings. The Hall–Kier alpha value is -3.40. The van der Waals surface area contributed by atoms with Gasteiger partial charge in [-0.05, 0) is 23.6 Å². The van der Waals surface area contributed by atoms with Crippen LogP contribution in [0.1, 0.15) is 34.3 Å². The van der Waals surface area contributed by atoms with Crippen molar-refractivity contribution in [3.63, 3.8) is 0 Å². The summed E-state index contributed by atoms with van der Waals surface area (Å²) in [5, 5.41) is 2.29. The summed E-state index contributed by atoms with van der Waals surface area (Å²) in [6, 6.07) is 6.11. The minimum Gasteiger partial charge on any atom is -0.351 e. The minimum atomic E-state index is -0.649. The van der Waals surface area contributed by atoms with Crippen LogP contribution in [0.4, 0.5) is 10.2 Å². The molecule has 2 aliphatic heterocycles. The monoisotopic (exact) mass is 412 g/mol. The zero-order valence-electron chi connectivity index (χ0n) is 16.2. The van der Waals surface area contributed by atoms with Gasteiger partial charge in [-0.25, -0.2) is 9.97 Å². The molecule has 1 unspecified atom stereocenters. The first-order chi connectivity index (χ1) is 14.5. The van der Waals surface area contributed by atoms with Crippen molar-refractivity contribution in [3.8, 4) is 0 Å². The second-order valence-corrected chi connectivity index (χ2v) is 7.30. The first kappa shape index (κ1) is 19.9. The molecule has 2 aromatic rings. The lowest BCUT2D eigenvalue weighted by Crippen LogP contribution is -2.52. The molecule has 0 bridgehead atoms. The number of carbonyl (C=O) groups is 3. The van der Waals surface area contributed by atoms with E-state index in [-0.39, 0.29) is 18.2 Å². The van der Waals surface area contributed by atoms with Gasteiger partial charge in [0, 0.05) is 44.2 Å². The van der Waals surface area contributed by atoms with E-state index in [2.05, 4.69) is 15.3 Å². The molecule has 3 N–H and O–H groups in total. The first-order valence-electron chi connectivity index (χ1n) is 9.65. The molecule has 0 aliphatic carbocycles. The number of benzene rings is 1. The van der Waals surface area contributed by atoms with Crippen molar-refractivity contribution in [2.75, 3.05) is 18.0 Å². The van der Waals surface area contributed by atoms with Crippen LogP contribution >= 0.6 is 0 Å². The van der Waals surface area contributed by atoms with Crippen molar-refractivity contribution in [1.82, 2.24) is 20.2 Å². The van der Waals surface area contributed by atoms with Crippen LogP contribution in [0.2, 0.25) is 0 Å². The summed E-state index contributed by atoms with van der Waals surface area (Å²) in [6.07, 6.45) is 1.68. The predicted molar refractivity (Wildman–Crippen MR) is 105 cm³/mol. The number of nitrogens with one attached hydrogen (secondary N) is 1. The van der Waals surface area contributed by atoms with Crippen LogP contribution in [0.3, 0.4) is 0 Å². The lowest BCUT2D eigenvalue weighted by atomic mass is 10.0. The van der Waals surface area contributed by atoms with Gasteiger partial charge in [-0.15, -0.1) is 0 Å². The van der Waals surface area contributed by atoms with Crippen LogP contribution in [-0.2, 0) is 22.7 Å².